The highest BCUT2D eigenvalue weighted by molar-refractivity contribution is 7.47. The molecule has 0 radical (unpaired) electrons. The van der Waals surface area contributed by atoms with Crippen molar-refractivity contribution >= 4 is 27.6 Å². The summed E-state index contributed by atoms with van der Waals surface area (Å²) in [6.45, 7) is 1.41. The molecule has 14 nitrogen and oxygen atoms in total. The number of phosphoric acid groups is 2. The van der Waals surface area contributed by atoms with E-state index in [1.165, 1.54) is 19.3 Å². The van der Waals surface area contributed by atoms with Gasteiger partial charge in [0.05, 0.1) is 25.9 Å². The van der Waals surface area contributed by atoms with Crippen molar-refractivity contribution in [2.24, 2.45) is 0 Å². The molecule has 0 spiro atoms. The first-order chi connectivity index (χ1) is 30.8. The third kappa shape index (κ3) is 45.6. The van der Waals surface area contributed by atoms with Crippen LogP contribution in [0.15, 0.2) is 97.2 Å². The number of rotatable bonds is 42. The first-order valence-corrected chi connectivity index (χ1v) is 26.1. The number of aliphatic hydroxyl groups excluding tert-OH is 2. The average Bonchev–Trinajstić information content (AvgIpc) is 3.25. The monoisotopic (exact) mass is 943 g/mol. The minimum absolute atomic E-state index is 0.0182. The van der Waals surface area contributed by atoms with Gasteiger partial charge in [0.25, 0.3) is 0 Å². The molecule has 5 N–H and O–H groups in total. The number of unbranched alkanes of at least 4 members (excludes halogenated alkanes) is 10. The number of allylic oxidation sites excluding steroid dienone is 14. The molecule has 0 fully saturated rings. The van der Waals surface area contributed by atoms with Gasteiger partial charge in [0.1, 0.15) is 12.7 Å². The largest absolute Gasteiger partial charge is 0.472 e. The highest BCUT2D eigenvalue weighted by Gasteiger charge is 2.28. The third-order valence-corrected chi connectivity index (χ3v) is 10.5. The molecule has 0 saturated carbocycles. The number of carbonyl (C=O) groups excluding carboxylic acids is 2. The molecule has 0 aromatic rings. The fourth-order valence-corrected chi connectivity index (χ4v) is 6.70. The van der Waals surface area contributed by atoms with E-state index >= 15 is 0 Å². The van der Waals surface area contributed by atoms with Crippen LogP contribution in [0.4, 0.5) is 0 Å². The van der Waals surface area contributed by atoms with Crippen LogP contribution in [0.3, 0.4) is 0 Å². The first-order valence-electron chi connectivity index (χ1n) is 23.0. The second-order valence-electron chi connectivity index (χ2n) is 15.1. The van der Waals surface area contributed by atoms with E-state index in [1.807, 2.05) is 12.2 Å². The SMILES string of the molecule is CC/C=C\C/C=C\C/C=C\C/C=C\C=C/C(O)C/C=C\CCC(=O)OC[C@H](COP(=O)(O)OC[C@@H](O)COP(=O)(O)O)OC(=O)CCCCCCCCC/C=C\C/C=C\CCCCC. The van der Waals surface area contributed by atoms with Gasteiger partial charge in [0, 0.05) is 12.8 Å². The Kier molecular flexibility index (Phi) is 40.6. The number of ether oxygens (including phenoxy) is 2. The van der Waals surface area contributed by atoms with Crippen molar-refractivity contribution in [3.8, 4) is 0 Å². The number of esters is 2. The maximum absolute atomic E-state index is 12.7. The van der Waals surface area contributed by atoms with Crippen LogP contribution >= 0.6 is 15.6 Å². The van der Waals surface area contributed by atoms with Crippen molar-refractivity contribution in [1.82, 2.24) is 0 Å². The number of hydrogen-bond acceptors (Lipinski definition) is 11. The Morgan fingerprint density at radius 1 is 0.531 bits per heavy atom. The Bertz CT molecular complexity index is 1510. The zero-order chi connectivity index (χ0) is 47.4. The van der Waals surface area contributed by atoms with Crippen molar-refractivity contribution < 1.29 is 66.7 Å². The van der Waals surface area contributed by atoms with Crippen molar-refractivity contribution in [2.45, 2.75) is 167 Å². The molecule has 0 rings (SSSR count). The fourth-order valence-electron chi connectivity index (χ4n) is 5.55. The van der Waals surface area contributed by atoms with Gasteiger partial charge in [0.15, 0.2) is 6.10 Å². The Hall–Kier alpha value is -3.00. The van der Waals surface area contributed by atoms with E-state index in [2.05, 4.69) is 83.7 Å². The van der Waals surface area contributed by atoms with Gasteiger partial charge in [-0.2, -0.15) is 0 Å². The van der Waals surface area contributed by atoms with E-state index in [0.29, 0.717) is 19.3 Å². The lowest BCUT2D eigenvalue weighted by molar-refractivity contribution is -0.161. The third-order valence-electron chi connectivity index (χ3n) is 9.04. The van der Waals surface area contributed by atoms with Crippen LogP contribution in [0.25, 0.3) is 0 Å². The van der Waals surface area contributed by atoms with Gasteiger partial charge in [-0.3, -0.25) is 23.2 Å². The molecule has 366 valence electrons. The predicted molar refractivity (Wildman–Crippen MR) is 254 cm³/mol. The summed E-state index contributed by atoms with van der Waals surface area (Å²) < 4.78 is 47.7. The van der Waals surface area contributed by atoms with E-state index in [4.69, 9.17) is 23.8 Å². The Morgan fingerprint density at radius 3 is 1.69 bits per heavy atom. The molecule has 0 bridgehead atoms. The standard InChI is InChI=1S/C48H80O14P2/c1-3-5-7-9-11-13-15-17-18-19-20-22-24-26-28-30-34-39-48(52)62-46(43-61-64(56,57)60-41-45(50)40-59-63(53,54)55)42-58-47(51)38-35-31-33-37-44(49)36-32-29-27-25-23-21-16-14-12-10-8-6-4-2/h6,8,11-14,17-18,21,23,27,29,31-33,36,44-46,49-50H,3-5,7,9-10,15-16,19-20,22,24-26,28,30,34-35,37-43H2,1-2H3,(H,56,57)(H2,53,54,55)/b8-6-,13-11-,14-12-,18-17-,23-21-,29-27-,33-31-,36-32-/t44?,45-,46+/m0/s1. The number of hydrogen-bond donors (Lipinski definition) is 5. The van der Waals surface area contributed by atoms with Crippen LogP contribution in [-0.4, -0.2) is 81.6 Å². The Labute approximate surface area is 383 Å². The maximum atomic E-state index is 12.7. The zero-order valence-electron chi connectivity index (χ0n) is 38.5. The number of carbonyl (C=O) groups is 2. The van der Waals surface area contributed by atoms with E-state index in [9.17, 15) is 33.8 Å². The van der Waals surface area contributed by atoms with Crippen LogP contribution in [0, 0.1) is 0 Å². The summed E-state index contributed by atoms with van der Waals surface area (Å²) in [6.07, 6.45) is 47.1. The molecule has 4 atom stereocenters. The first kappa shape index (κ1) is 61.0. The van der Waals surface area contributed by atoms with Gasteiger partial charge in [0.2, 0.25) is 0 Å². The highest BCUT2D eigenvalue weighted by atomic mass is 31.2. The molecule has 0 aromatic carbocycles. The van der Waals surface area contributed by atoms with Crippen LogP contribution in [0.1, 0.15) is 149 Å². The molecule has 0 saturated heterocycles. The van der Waals surface area contributed by atoms with E-state index in [1.54, 1.807) is 24.3 Å². The summed E-state index contributed by atoms with van der Waals surface area (Å²) >= 11 is 0. The van der Waals surface area contributed by atoms with Crippen LogP contribution < -0.4 is 0 Å². The molecule has 0 heterocycles. The van der Waals surface area contributed by atoms with E-state index in [0.717, 1.165) is 83.5 Å². The smallest absolute Gasteiger partial charge is 0.462 e. The molecule has 0 aliphatic heterocycles. The molecule has 0 aliphatic rings. The highest BCUT2D eigenvalue weighted by Crippen LogP contribution is 2.43. The normalized spacial score (nSPS) is 15.3. The minimum atomic E-state index is -4.89. The van der Waals surface area contributed by atoms with E-state index < -0.39 is 72.3 Å². The minimum Gasteiger partial charge on any atom is -0.462 e. The molecule has 0 amide bonds. The van der Waals surface area contributed by atoms with Gasteiger partial charge in [-0.15, -0.1) is 0 Å². The predicted octanol–water partition coefficient (Wildman–Crippen LogP) is 11.1. The summed E-state index contributed by atoms with van der Waals surface area (Å²) in [5.74, 6) is -1.23. The van der Waals surface area contributed by atoms with E-state index in [-0.39, 0.29) is 12.8 Å². The summed E-state index contributed by atoms with van der Waals surface area (Å²) in [5, 5.41) is 20.0. The molecule has 64 heavy (non-hydrogen) atoms. The topological polar surface area (TPSA) is 216 Å². The molecular formula is C48H80O14P2. The van der Waals surface area contributed by atoms with Crippen molar-refractivity contribution in [1.29, 1.82) is 0 Å². The lowest BCUT2D eigenvalue weighted by Gasteiger charge is -2.20. The molecule has 2 unspecified atom stereocenters. The van der Waals surface area contributed by atoms with Crippen molar-refractivity contribution in [3.05, 3.63) is 97.2 Å². The zero-order valence-corrected chi connectivity index (χ0v) is 40.2. The number of aliphatic hydroxyl groups is 2. The lowest BCUT2D eigenvalue weighted by Crippen LogP contribution is -2.29. The Balaban J connectivity index is 4.71. The summed E-state index contributed by atoms with van der Waals surface area (Å²) in [5.41, 5.74) is 0. The lowest BCUT2D eigenvalue weighted by atomic mass is 10.1. The maximum Gasteiger partial charge on any atom is 0.472 e. The quantitative estimate of drug-likeness (QED) is 0.0127. The van der Waals surface area contributed by atoms with Crippen LogP contribution in [0.5, 0.6) is 0 Å². The van der Waals surface area contributed by atoms with Crippen molar-refractivity contribution in [2.75, 3.05) is 26.4 Å². The van der Waals surface area contributed by atoms with Crippen LogP contribution in [-0.2, 0) is 41.8 Å². The van der Waals surface area contributed by atoms with Gasteiger partial charge < -0.3 is 34.4 Å². The molecule has 16 heteroatoms. The van der Waals surface area contributed by atoms with Gasteiger partial charge in [-0.1, -0.05) is 156 Å². The average molecular weight is 943 g/mol. The second kappa shape index (κ2) is 42.6. The van der Waals surface area contributed by atoms with Gasteiger partial charge in [-0.25, -0.2) is 9.13 Å². The second-order valence-corrected chi connectivity index (χ2v) is 17.8. The van der Waals surface area contributed by atoms with Crippen molar-refractivity contribution in [3.63, 3.8) is 0 Å². The number of phosphoric ester groups is 2. The summed E-state index contributed by atoms with van der Waals surface area (Å²) in [6, 6.07) is 0. The summed E-state index contributed by atoms with van der Waals surface area (Å²) in [4.78, 5) is 52.8. The Morgan fingerprint density at radius 2 is 1.06 bits per heavy atom. The van der Waals surface area contributed by atoms with Gasteiger partial charge >= 0.3 is 27.6 Å². The van der Waals surface area contributed by atoms with Crippen LogP contribution in [0.2, 0.25) is 0 Å². The van der Waals surface area contributed by atoms with Gasteiger partial charge in [-0.05, 0) is 77.0 Å². The fraction of sp³-hybridized carbons (Fsp3) is 0.625. The molecule has 0 aliphatic carbocycles. The summed E-state index contributed by atoms with van der Waals surface area (Å²) in [7, 11) is -9.75. The molecule has 0 aromatic heterocycles. The molecular weight excluding hydrogens is 862 g/mol.